The number of nitrogens with one attached hydrogen (secondary N) is 2. The fourth-order valence-electron chi connectivity index (χ4n) is 3.14. The largest absolute Gasteiger partial charge is 0.480 e. The number of likely N-dealkylation sites (tertiary alicyclic amines) is 1. The number of aliphatic hydroxyl groups is 1. The zero-order valence-corrected chi connectivity index (χ0v) is 16.9. The standard InChI is InChI=1S/C17H28N6O8/c1-7(24)13(17(30)31)22-14(27)9(6-12(20)26)21-15(28)10-3-2-4-23(10)16(29)8(18)5-11(19)25/h7-10,13,24H,2-6,18H2,1H3,(H2,19,25)(H2,20,26)(H,21,28)(H,22,27)(H,30,31). The average Bonchev–Trinajstić information content (AvgIpc) is 3.12. The van der Waals surface area contributed by atoms with Gasteiger partial charge in [0, 0.05) is 6.54 Å². The first kappa shape index (κ1) is 25.8. The highest BCUT2D eigenvalue weighted by atomic mass is 16.4. The summed E-state index contributed by atoms with van der Waals surface area (Å²) in [4.78, 5) is 72.3. The van der Waals surface area contributed by atoms with E-state index in [1.807, 2.05) is 5.32 Å². The van der Waals surface area contributed by atoms with E-state index in [1.54, 1.807) is 0 Å². The van der Waals surface area contributed by atoms with Crippen LogP contribution in [0.1, 0.15) is 32.6 Å². The van der Waals surface area contributed by atoms with E-state index in [0.717, 1.165) is 11.8 Å². The number of primary amides is 2. The summed E-state index contributed by atoms with van der Waals surface area (Å²) in [5, 5.41) is 22.9. The average molecular weight is 444 g/mol. The molecule has 1 aliphatic heterocycles. The Hall–Kier alpha value is -3.26. The molecule has 0 aromatic heterocycles. The molecule has 5 atom stereocenters. The fraction of sp³-hybridized carbons (Fsp3) is 0.647. The third-order valence-corrected chi connectivity index (χ3v) is 4.66. The Morgan fingerprint density at radius 1 is 1.06 bits per heavy atom. The van der Waals surface area contributed by atoms with Gasteiger partial charge in [0.2, 0.25) is 29.5 Å². The zero-order chi connectivity index (χ0) is 23.9. The monoisotopic (exact) mass is 444 g/mol. The number of carboxylic acids is 1. The van der Waals surface area contributed by atoms with Crippen LogP contribution < -0.4 is 27.8 Å². The minimum Gasteiger partial charge on any atom is -0.480 e. The van der Waals surface area contributed by atoms with Gasteiger partial charge in [0.15, 0.2) is 6.04 Å². The number of carbonyl (C=O) groups is 6. The second-order valence-electron chi connectivity index (χ2n) is 7.26. The van der Waals surface area contributed by atoms with E-state index in [-0.39, 0.29) is 13.0 Å². The molecule has 5 amide bonds. The van der Waals surface area contributed by atoms with Crippen LogP contribution >= 0.6 is 0 Å². The van der Waals surface area contributed by atoms with Crippen molar-refractivity contribution >= 4 is 35.5 Å². The maximum Gasteiger partial charge on any atom is 0.328 e. The van der Waals surface area contributed by atoms with Crippen molar-refractivity contribution in [1.29, 1.82) is 0 Å². The van der Waals surface area contributed by atoms with Gasteiger partial charge in [-0.15, -0.1) is 0 Å². The number of amides is 5. The van der Waals surface area contributed by atoms with Gasteiger partial charge in [-0.1, -0.05) is 0 Å². The Labute approximate surface area is 177 Å². The highest BCUT2D eigenvalue weighted by Gasteiger charge is 2.38. The van der Waals surface area contributed by atoms with Crippen molar-refractivity contribution < 1.29 is 39.0 Å². The van der Waals surface area contributed by atoms with Gasteiger partial charge < -0.3 is 42.9 Å². The SMILES string of the molecule is CC(O)C(NC(=O)C(CC(N)=O)NC(=O)C1CCCN1C(=O)C(N)CC(N)=O)C(=O)O. The van der Waals surface area contributed by atoms with Gasteiger partial charge in [-0.05, 0) is 19.8 Å². The molecule has 31 heavy (non-hydrogen) atoms. The molecule has 1 aliphatic rings. The lowest BCUT2D eigenvalue weighted by Gasteiger charge is -2.28. The normalized spacial score (nSPS) is 19.6. The van der Waals surface area contributed by atoms with Crippen LogP contribution in [0.25, 0.3) is 0 Å². The van der Waals surface area contributed by atoms with Gasteiger partial charge in [0.05, 0.1) is 25.0 Å². The van der Waals surface area contributed by atoms with Crippen molar-refractivity contribution in [1.82, 2.24) is 15.5 Å². The molecule has 0 aromatic carbocycles. The Morgan fingerprint density at radius 3 is 2.13 bits per heavy atom. The predicted molar refractivity (Wildman–Crippen MR) is 104 cm³/mol. The molecule has 0 aromatic rings. The van der Waals surface area contributed by atoms with E-state index in [0.29, 0.717) is 6.42 Å². The van der Waals surface area contributed by atoms with Crippen LogP contribution in [0.3, 0.4) is 0 Å². The number of carboxylic acid groups (broad SMARTS) is 1. The van der Waals surface area contributed by atoms with Crippen LogP contribution in [0.4, 0.5) is 0 Å². The third kappa shape index (κ3) is 7.49. The maximum atomic E-state index is 12.7. The smallest absolute Gasteiger partial charge is 0.328 e. The van der Waals surface area contributed by atoms with Crippen molar-refractivity contribution in [3.05, 3.63) is 0 Å². The topological polar surface area (TPSA) is 248 Å². The van der Waals surface area contributed by atoms with Crippen molar-refractivity contribution in [3.63, 3.8) is 0 Å². The maximum absolute atomic E-state index is 12.7. The molecular weight excluding hydrogens is 416 g/mol. The van der Waals surface area contributed by atoms with Crippen LogP contribution in [0, 0.1) is 0 Å². The van der Waals surface area contributed by atoms with Crippen molar-refractivity contribution in [3.8, 4) is 0 Å². The molecule has 0 saturated carbocycles. The molecule has 5 unspecified atom stereocenters. The van der Waals surface area contributed by atoms with E-state index >= 15 is 0 Å². The number of aliphatic carboxylic acids is 1. The number of rotatable bonds is 11. The summed E-state index contributed by atoms with van der Waals surface area (Å²) in [7, 11) is 0. The number of aliphatic hydroxyl groups excluding tert-OH is 1. The molecule has 0 radical (unpaired) electrons. The third-order valence-electron chi connectivity index (χ3n) is 4.66. The Balaban J connectivity index is 2.94. The van der Waals surface area contributed by atoms with Crippen LogP contribution in [0.2, 0.25) is 0 Å². The Kier molecular flexibility index (Phi) is 9.33. The molecule has 14 nitrogen and oxygen atoms in total. The predicted octanol–water partition coefficient (Wildman–Crippen LogP) is -4.51. The van der Waals surface area contributed by atoms with Gasteiger partial charge in [0.1, 0.15) is 12.1 Å². The fourth-order valence-corrected chi connectivity index (χ4v) is 3.14. The first-order valence-corrected chi connectivity index (χ1v) is 9.49. The summed E-state index contributed by atoms with van der Waals surface area (Å²) in [6.07, 6.45) is -1.83. The number of carbonyl (C=O) groups excluding carboxylic acids is 5. The van der Waals surface area contributed by atoms with E-state index in [4.69, 9.17) is 22.3 Å². The highest BCUT2D eigenvalue weighted by Crippen LogP contribution is 2.19. The summed E-state index contributed by atoms with van der Waals surface area (Å²) in [6, 6.07) is -5.49. The summed E-state index contributed by atoms with van der Waals surface area (Å²) < 4.78 is 0. The molecular formula is C17H28N6O8. The molecule has 0 aliphatic carbocycles. The van der Waals surface area contributed by atoms with E-state index in [1.165, 1.54) is 0 Å². The molecule has 174 valence electrons. The minimum absolute atomic E-state index is 0.180. The first-order valence-electron chi connectivity index (χ1n) is 9.49. The number of nitrogens with zero attached hydrogens (tertiary/aromatic N) is 1. The minimum atomic E-state index is -1.68. The quantitative estimate of drug-likeness (QED) is 0.162. The van der Waals surface area contributed by atoms with Gasteiger partial charge in [-0.3, -0.25) is 24.0 Å². The Bertz CT molecular complexity index is 742. The van der Waals surface area contributed by atoms with E-state index < -0.39 is 78.6 Å². The summed E-state index contributed by atoms with van der Waals surface area (Å²) in [5.41, 5.74) is 15.8. The highest BCUT2D eigenvalue weighted by molar-refractivity contribution is 5.97. The molecule has 1 heterocycles. The van der Waals surface area contributed by atoms with Gasteiger partial charge in [-0.25, -0.2) is 4.79 Å². The van der Waals surface area contributed by atoms with Gasteiger partial charge >= 0.3 is 5.97 Å². The molecule has 0 bridgehead atoms. The van der Waals surface area contributed by atoms with E-state index in [2.05, 4.69) is 5.32 Å². The number of hydrogen-bond donors (Lipinski definition) is 7. The summed E-state index contributed by atoms with van der Waals surface area (Å²) in [5.74, 6) is -5.78. The molecule has 0 spiro atoms. The molecule has 10 N–H and O–H groups in total. The lowest BCUT2D eigenvalue weighted by molar-refractivity contribution is -0.145. The van der Waals surface area contributed by atoms with Crippen LogP contribution in [0.15, 0.2) is 0 Å². The van der Waals surface area contributed by atoms with Gasteiger partial charge in [-0.2, -0.15) is 0 Å². The van der Waals surface area contributed by atoms with Crippen LogP contribution in [-0.2, 0) is 28.8 Å². The number of nitrogens with two attached hydrogens (primary N) is 3. The molecule has 1 saturated heterocycles. The van der Waals surface area contributed by atoms with Crippen LogP contribution in [0.5, 0.6) is 0 Å². The van der Waals surface area contributed by atoms with E-state index in [9.17, 15) is 33.9 Å². The number of hydrogen-bond acceptors (Lipinski definition) is 8. The lowest BCUT2D eigenvalue weighted by Crippen LogP contribution is -2.58. The second-order valence-corrected chi connectivity index (χ2v) is 7.26. The molecule has 14 heteroatoms. The van der Waals surface area contributed by atoms with Gasteiger partial charge in [0.25, 0.3) is 0 Å². The molecule has 1 rings (SSSR count). The van der Waals surface area contributed by atoms with Crippen LogP contribution in [-0.4, -0.2) is 87.4 Å². The summed E-state index contributed by atoms with van der Waals surface area (Å²) in [6.45, 7) is 1.32. The van der Waals surface area contributed by atoms with Crippen molar-refractivity contribution in [2.45, 2.75) is 62.9 Å². The summed E-state index contributed by atoms with van der Waals surface area (Å²) >= 11 is 0. The first-order chi connectivity index (χ1) is 14.3. The zero-order valence-electron chi connectivity index (χ0n) is 16.9. The lowest BCUT2D eigenvalue weighted by atomic mass is 10.1. The van der Waals surface area contributed by atoms with Crippen molar-refractivity contribution in [2.24, 2.45) is 17.2 Å². The van der Waals surface area contributed by atoms with Crippen molar-refractivity contribution in [2.75, 3.05) is 6.54 Å². The Morgan fingerprint density at radius 2 is 1.65 bits per heavy atom. The molecule has 1 fully saturated rings. The second kappa shape index (κ2) is 11.2.